The van der Waals surface area contributed by atoms with Crippen molar-refractivity contribution in [2.75, 3.05) is 25.5 Å². The van der Waals surface area contributed by atoms with Crippen LogP contribution >= 0.6 is 24.0 Å². The summed E-state index contributed by atoms with van der Waals surface area (Å²) in [4.78, 5) is 16.0. The standard InChI is InChI=1S/C22H31N5O2.HI/c1-17(2)26-22(28)27-19-12-10-18(11-13-19)16-25-21(23-3)24-14-7-15-29-20-8-5-4-6-9-20;/h4-6,8-13,17H,7,14-16H2,1-3H3,(H2,23,24,25)(H2,26,27,28);1H. The number of hydrogen-bond acceptors (Lipinski definition) is 3. The third-order valence-electron chi connectivity index (χ3n) is 3.94. The molecule has 0 saturated heterocycles. The number of halogens is 1. The molecule has 2 aromatic rings. The number of amides is 2. The average Bonchev–Trinajstić information content (AvgIpc) is 2.71. The average molecular weight is 525 g/mol. The lowest BCUT2D eigenvalue weighted by molar-refractivity contribution is 0.250. The van der Waals surface area contributed by atoms with Crippen molar-refractivity contribution in [3.63, 3.8) is 0 Å². The molecule has 2 amide bonds. The van der Waals surface area contributed by atoms with E-state index in [0.717, 1.165) is 35.9 Å². The molecule has 8 heteroatoms. The Morgan fingerprint density at radius 2 is 1.73 bits per heavy atom. The highest BCUT2D eigenvalue weighted by Gasteiger charge is 2.04. The summed E-state index contributed by atoms with van der Waals surface area (Å²) < 4.78 is 5.68. The van der Waals surface area contributed by atoms with Gasteiger partial charge in [0.1, 0.15) is 5.75 Å². The number of nitrogens with one attached hydrogen (secondary N) is 4. The number of urea groups is 1. The van der Waals surface area contributed by atoms with E-state index in [-0.39, 0.29) is 36.0 Å². The van der Waals surface area contributed by atoms with Crippen LogP contribution in [0.25, 0.3) is 0 Å². The Bertz CT molecular complexity index is 767. The van der Waals surface area contributed by atoms with Gasteiger partial charge < -0.3 is 26.0 Å². The van der Waals surface area contributed by atoms with Crippen LogP contribution in [0.15, 0.2) is 59.6 Å². The number of ether oxygens (including phenoxy) is 1. The second-order valence-electron chi connectivity index (χ2n) is 6.82. The fraction of sp³-hybridized carbons (Fsp3) is 0.364. The van der Waals surface area contributed by atoms with Crippen LogP contribution in [0, 0.1) is 0 Å². The number of guanidine groups is 1. The molecule has 7 nitrogen and oxygen atoms in total. The zero-order chi connectivity index (χ0) is 20.9. The number of benzene rings is 2. The highest BCUT2D eigenvalue weighted by molar-refractivity contribution is 14.0. The molecular weight excluding hydrogens is 493 g/mol. The number of rotatable bonds is 9. The van der Waals surface area contributed by atoms with Crippen molar-refractivity contribution >= 4 is 41.7 Å². The number of carbonyl (C=O) groups is 1. The predicted octanol–water partition coefficient (Wildman–Crippen LogP) is 3.97. The minimum absolute atomic E-state index is 0. The quantitative estimate of drug-likeness (QED) is 0.173. The monoisotopic (exact) mass is 525 g/mol. The van der Waals surface area contributed by atoms with Crippen LogP contribution in [0.3, 0.4) is 0 Å². The molecule has 0 aliphatic rings. The molecule has 164 valence electrons. The van der Waals surface area contributed by atoms with Gasteiger partial charge in [0.2, 0.25) is 0 Å². The lowest BCUT2D eigenvalue weighted by atomic mass is 10.2. The van der Waals surface area contributed by atoms with E-state index in [9.17, 15) is 4.79 Å². The summed E-state index contributed by atoms with van der Waals surface area (Å²) >= 11 is 0. The molecule has 0 saturated carbocycles. The van der Waals surface area contributed by atoms with Gasteiger partial charge in [-0.2, -0.15) is 0 Å². The van der Waals surface area contributed by atoms with Gasteiger partial charge in [0.25, 0.3) is 0 Å². The number of para-hydroxylation sites is 1. The Labute approximate surface area is 196 Å². The first-order valence-electron chi connectivity index (χ1n) is 9.85. The molecule has 0 heterocycles. The van der Waals surface area contributed by atoms with Crippen molar-refractivity contribution in [3.8, 4) is 5.75 Å². The first-order chi connectivity index (χ1) is 14.1. The number of aliphatic imine (C=N–C) groups is 1. The number of hydrogen-bond donors (Lipinski definition) is 4. The second kappa shape index (κ2) is 14.5. The van der Waals surface area contributed by atoms with E-state index in [1.54, 1.807) is 7.05 Å². The van der Waals surface area contributed by atoms with Crippen molar-refractivity contribution in [2.24, 2.45) is 4.99 Å². The van der Waals surface area contributed by atoms with Crippen LogP contribution in [0.5, 0.6) is 5.75 Å². The topological polar surface area (TPSA) is 86.8 Å². The summed E-state index contributed by atoms with van der Waals surface area (Å²) in [7, 11) is 1.75. The van der Waals surface area contributed by atoms with Gasteiger partial charge in [-0.1, -0.05) is 30.3 Å². The Morgan fingerprint density at radius 1 is 1.03 bits per heavy atom. The summed E-state index contributed by atoms with van der Waals surface area (Å²) in [6, 6.07) is 17.4. The van der Waals surface area contributed by atoms with E-state index in [0.29, 0.717) is 13.2 Å². The van der Waals surface area contributed by atoms with E-state index in [1.807, 2.05) is 68.4 Å². The van der Waals surface area contributed by atoms with E-state index < -0.39 is 0 Å². The van der Waals surface area contributed by atoms with E-state index in [2.05, 4.69) is 26.3 Å². The van der Waals surface area contributed by atoms with Gasteiger partial charge in [0.05, 0.1) is 6.61 Å². The molecule has 0 spiro atoms. The van der Waals surface area contributed by atoms with Crippen LogP contribution in [0.2, 0.25) is 0 Å². The van der Waals surface area contributed by atoms with Crippen molar-refractivity contribution in [2.45, 2.75) is 32.9 Å². The first kappa shape index (κ1) is 25.5. The number of nitrogens with zero attached hydrogens (tertiary/aromatic N) is 1. The van der Waals surface area contributed by atoms with Gasteiger partial charge in [0, 0.05) is 31.9 Å². The maximum atomic E-state index is 11.7. The molecule has 0 aliphatic carbocycles. The van der Waals surface area contributed by atoms with E-state index in [4.69, 9.17) is 4.74 Å². The Hall–Kier alpha value is -2.49. The predicted molar refractivity (Wildman–Crippen MR) is 134 cm³/mol. The van der Waals surface area contributed by atoms with Gasteiger partial charge in [-0.25, -0.2) is 4.79 Å². The molecule has 2 aromatic carbocycles. The number of anilines is 1. The largest absolute Gasteiger partial charge is 0.494 e. The molecule has 0 fully saturated rings. The van der Waals surface area contributed by atoms with Gasteiger partial charge in [-0.05, 0) is 50.1 Å². The highest BCUT2D eigenvalue weighted by atomic mass is 127. The van der Waals surface area contributed by atoms with Gasteiger partial charge in [0.15, 0.2) is 5.96 Å². The zero-order valence-electron chi connectivity index (χ0n) is 17.8. The molecular formula is C22H32IN5O2. The first-order valence-corrected chi connectivity index (χ1v) is 9.85. The molecule has 0 unspecified atom stereocenters. The summed E-state index contributed by atoms with van der Waals surface area (Å²) in [6.07, 6.45) is 0.869. The fourth-order valence-corrected chi connectivity index (χ4v) is 2.53. The third kappa shape index (κ3) is 10.3. The van der Waals surface area contributed by atoms with Crippen LogP contribution < -0.4 is 26.0 Å². The van der Waals surface area contributed by atoms with Crippen LogP contribution in [0.1, 0.15) is 25.8 Å². The molecule has 0 bridgehead atoms. The maximum absolute atomic E-state index is 11.7. The zero-order valence-corrected chi connectivity index (χ0v) is 20.1. The van der Waals surface area contributed by atoms with Crippen molar-refractivity contribution < 1.29 is 9.53 Å². The molecule has 30 heavy (non-hydrogen) atoms. The summed E-state index contributed by atoms with van der Waals surface area (Å²) in [5, 5.41) is 12.2. The van der Waals surface area contributed by atoms with E-state index >= 15 is 0 Å². The van der Waals surface area contributed by atoms with Gasteiger partial charge in [-0.15, -0.1) is 24.0 Å². The summed E-state index contributed by atoms with van der Waals surface area (Å²) in [5.74, 6) is 1.62. The SMILES string of the molecule is CN=C(NCCCOc1ccccc1)NCc1ccc(NC(=O)NC(C)C)cc1.I. The Balaban J connectivity index is 0.00000450. The lowest BCUT2D eigenvalue weighted by Gasteiger charge is -2.13. The molecule has 0 atom stereocenters. The Kier molecular flexibility index (Phi) is 12.3. The smallest absolute Gasteiger partial charge is 0.319 e. The third-order valence-corrected chi connectivity index (χ3v) is 3.94. The van der Waals surface area contributed by atoms with Gasteiger partial charge >= 0.3 is 6.03 Å². The van der Waals surface area contributed by atoms with E-state index in [1.165, 1.54) is 0 Å². The fourth-order valence-electron chi connectivity index (χ4n) is 2.53. The molecule has 0 radical (unpaired) electrons. The minimum Gasteiger partial charge on any atom is -0.494 e. The molecule has 0 aliphatic heterocycles. The van der Waals surface area contributed by atoms with Crippen molar-refractivity contribution in [1.29, 1.82) is 0 Å². The molecule has 2 rings (SSSR count). The highest BCUT2D eigenvalue weighted by Crippen LogP contribution is 2.10. The summed E-state index contributed by atoms with van der Waals surface area (Å²) in [5.41, 5.74) is 1.85. The Morgan fingerprint density at radius 3 is 2.37 bits per heavy atom. The number of carbonyl (C=O) groups excluding carboxylic acids is 1. The minimum atomic E-state index is -0.202. The molecule has 4 N–H and O–H groups in total. The lowest BCUT2D eigenvalue weighted by Crippen LogP contribution is -2.37. The second-order valence-corrected chi connectivity index (χ2v) is 6.82. The van der Waals surface area contributed by atoms with Crippen molar-refractivity contribution in [3.05, 3.63) is 60.2 Å². The maximum Gasteiger partial charge on any atom is 0.319 e. The normalized spacial score (nSPS) is 10.7. The van der Waals surface area contributed by atoms with Crippen molar-refractivity contribution in [1.82, 2.24) is 16.0 Å². The van der Waals surface area contributed by atoms with Gasteiger partial charge in [-0.3, -0.25) is 4.99 Å². The van der Waals surface area contributed by atoms with Crippen LogP contribution in [-0.4, -0.2) is 38.2 Å². The summed E-state index contributed by atoms with van der Waals surface area (Å²) in [6.45, 7) is 5.89. The molecule has 0 aromatic heterocycles. The van der Waals surface area contributed by atoms with Crippen LogP contribution in [-0.2, 0) is 6.54 Å². The van der Waals surface area contributed by atoms with Crippen LogP contribution in [0.4, 0.5) is 10.5 Å².